The summed E-state index contributed by atoms with van der Waals surface area (Å²) in [5.74, 6) is -1.58. The lowest BCUT2D eigenvalue weighted by Gasteiger charge is -2.04. The largest absolute Gasteiger partial charge is 0.478 e. The molecule has 0 spiro atoms. The Morgan fingerprint density at radius 1 is 0.976 bits per heavy atom. The van der Waals surface area contributed by atoms with Crippen molar-refractivity contribution in [2.24, 2.45) is 0 Å². The predicted molar refractivity (Wildman–Crippen MR) is 164 cm³/mol. The molecular formula is C33H49NO7. The number of aromatic nitrogens is 1. The summed E-state index contributed by atoms with van der Waals surface area (Å²) >= 11 is 0. The van der Waals surface area contributed by atoms with E-state index in [1.165, 1.54) is 63.9 Å². The summed E-state index contributed by atoms with van der Waals surface area (Å²) in [5.41, 5.74) is 2.35. The minimum absolute atomic E-state index is 0.142. The van der Waals surface area contributed by atoms with Gasteiger partial charge in [0.05, 0.1) is 18.9 Å². The topological polar surface area (TPSA) is 115 Å². The Balaban J connectivity index is 0.000000610. The molecule has 0 aliphatic carbocycles. The first kappa shape index (κ1) is 37.5. The maximum Gasteiger partial charge on any atom is 0.333 e. The van der Waals surface area contributed by atoms with E-state index in [-0.39, 0.29) is 18.0 Å². The van der Waals surface area contributed by atoms with E-state index in [2.05, 4.69) is 31.6 Å². The molecule has 228 valence electrons. The van der Waals surface area contributed by atoms with E-state index in [1.54, 1.807) is 32.2 Å². The number of carboxylic acid groups (broad SMARTS) is 1. The fourth-order valence-corrected chi connectivity index (χ4v) is 3.23. The molecule has 0 radical (unpaired) electrons. The molecule has 1 saturated heterocycles. The number of hydrogen-bond donors (Lipinski definition) is 1. The summed E-state index contributed by atoms with van der Waals surface area (Å²) in [7, 11) is 0. The van der Waals surface area contributed by atoms with Crippen LogP contribution in [0, 0.1) is 0 Å². The Hall–Kier alpha value is -3.52. The van der Waals surface area contributed by atoms with Crippen molar-refractivity contribution in [3.63, 3.8) is 0 Å². The van der Waals surface area contributed by atoms with Crippen LogP contribution in [0.4, 0.5) is 0 Å². The van der Waals surface area contributed by atoms with Gasteiger partial charge in [0, 0.05) is 23.4 Å². The number of carbonyl (C=O) groups excluding carboxylic acids is 2. The van der Waals surface area contributed by atoms with Crippen LogP contribution in [0.5, 0.6) is 0 Å². The highest BCUT2D eigenvalue weighted by atomic mass is 16.6. The molecule has 1 aromatic heterocycles. The minimum Gasteiger partial charge on any atom is -0.478 e. The lowest BCUT2D eigenvalue weighted by molar-refractivity contribution is -0.140. The van der Waals surface area contributed by atoms with Crippen molar-refractivity contribution in [3.05, 3.63) is 66.5 Å². The Bertz CT molecular complexity index is 980. The number of carboxylic acids is 1. The van der Waals surface area contributed by atoms with Gasteiger partial charge in [-0.05, 0) is 38.0 Å². The zero-order valence-corrected chi connectivity index (χ0v) is 25.2. The molecule has 1 aliphatic heterocycles. The van der Waals surface area contributed by atoms with E-state index >= 15 is 0 Å². The molecule has 41 heavy (non-hydrogen) atoms. The van der Waals surface area contributed by atoms with Gasteiger partial charge in [0.15, 0.2) is 0 Å². The number of pyridine rings is 1. The first-order chi connectivity index (χ1) is 19.6. The number of epoxide rings is 1. The van der Waals surface area contributed by atoms with Gasteiger partial charge in [0.2, 0.25) is 0 Å². The first-order valence-electron chi connectivity index (χ1n) is 14.4. The normalized spacial score (nSPS) is 13.1. The van der Waals surface area contributed by atoms with Crippen molar-refractivity contribution in [3.8, 4) is 0 Å². The lowest BCUT2D eigenvalue weighted by Crippen LogP contribution is -2.09. The third kappa shape index (κ3) is 22.9. The summed E-state index contributed by atoms with van der Waals surface area (Å²) in [6, 6.07) is 3.59. The number of ether oxygens (including phenoxy) is 3. The summed E-state index contributed by atoms with van der Waals surface area (Å²) in [4.78, 5) is 36.0. The Morgan fingerprint density at radius 3 is 2.00 bits per heavy atom. The van der Waals surface area contributed by atoms with Crippen LogP contribution < -0.4 is 0 Å². The van der Waals surface area contributed by atoms with Crippen molar-refractivity contribution in [2.75, 3.05) is 19.8 Å². The molecule has 0 amide bonds. The van der Waals surface area contributed by atoms with Crippen LogP contribution in [-0.2, 0) is 28.6 Å². The highest BCUT2D eigenvalue weighted by Crippen LogP contribution is 2.11. The second-order valence-electron chi connectivity index (χ2n) is 9.79. The Kier molecular flexibility index (Phi) is 22.2. The van der Waals surface area contributed by atoms with Crippen LogP contribution in [0.3, 0.4) is 0 Å². The summed E-state index contributed by atoms with van der Waals surface area (Å²) in [6.45, 7) is 17.8. The number of rotatable bonds is 18. The minimum atomic E-state index is -0.985. The second kappa shape index (κ2) is 24.3. The zero-order chi connectivity index (χ0) is 30.9. The van der Waals surface area contributed by atoms with Crippen molar-refractivity contribution >= 4 is 30.1 Å². The number of carbonyl (C=O) groups is 3. The monoisotopic (exact) mass is 571 g/mol. The molecule has 1 unspecified atom stereocenters. The fraction of sp³-hybridized carbons (Fsp3) is 0.515. The molecule has 1 atom stereocenters. The van der Waals surface area contributed by atoms with Gasteiger partial charge in [-0.3, -0.25) is 4.98 Å². The van der Waals surface area contributed by atoms with Crippen LogP contribution in [0.25, 0.3) is 12.2 Å². The Labute approximate surface area is 246 Å². The molecule has 0 bridgehead atoms. The van der Waals surface area contributed by atoms with Crippen LogP contribution >= 0.6 is 0 Å². The molecule has 2 heterocycles. The van der Waals surface area contributed by atoms with Crippen molar-refractivity contribution < 1.29 is 33.7 Å². The van der Waals surface area contributed by atoms with Gasteiger partial charge < -0.3 is 19.3 Å². The van der Waals surface area contributed by atoms with Crippen molar-refractivity contribution in [2.45, 2.75) is 91.1 Å². The quantitative estimate of drug-likeness (QED) is 0.0841. The maximum atomic E-state index is 11.1. The van der Waals surface area contributed by atoms with Gasteiger partial charge in [-0.15, -0.1) is 0 Å². The lowest BCUT2D eigenvalue weighted by atomic mass is 10.1. The number of esters is 2. The van der Waals surface area contributed by atoms with Crippen LogP contribution in [0.1, 0.15) is 96.2 Å². The highest BCUT2D eigenvalue weighted by molar-refractivity contribution is 5.87. The molecule has 2 rings (SSSR count). The highest BCUT2D eigenvalue weighted by Gasteiger charge is 2.24. The third-order valence-corrected chi connectivity index (χ3v) is 5.71. The van der Waals surface area contributed by atoms with E-state index < -0.39 is 5.97 Å². The van der Waals surface area contributed by atoms with Gasteiger partial charge in [0.1, 0.15) is 12.7 Å². The molecule has 8 heteroatoms. The van der Waals surface area contributed by atoms with E-state index in [0.717, 1.165) is 18.1 Å². The summed E-state index contributed by atoms with van der Waals surface area (Å²) < 4.78 is 14.6. The van der Waals surface area contributed by atoms with Crippen LogP contribution in [-0.4, -0.2) is 53.9 Å². The van der Waals surface area contributed by atoms with Gasteiger partial charge in [0.25, 0.3) is 0 Å². The third-order valence-electron chi connectivity index (χ3n) is 5.71. The van der Waals surface area contributed by atoms with Gasteiger partial charge in [-0.1, -0.05) is 96.6 Å². The molecule has 1 aromatic rings. The molecule has 8 nitrogen and oxygen atoms in total. The summed E-state index contributed by atoms with van der Waals surface area (Å²) in [6.07, 6.45) is 18.8. The van der Waals surface area contributed by atoms with Crippen LogP contribution in [0.2, 0.25) is 0 Å². The summed E-state index contributed by atoms with van der Waals surface area (Å²) in [5, 5.41) is 8.40. The average Bonchev–Trinajstić information content (AvgIpc) is 3.78. The number of aliphatic carboxylic acids is 1. The van der Waals surface area contributed by atoms with E-state index in [9.17, 15) is 14.4 Å². The van der Waals surface area contributed by atoms with E-state index in [4.69, 9.17) is 19.3 Å². The molecule has 1 N–H and O–H groups in total. The molecule has 0 saturated carbocycles. The SMILES string of the molecule is C=C(C)C(=O)OCC1CO1.C=C(C)C(=O)OCCCCCCCCCCCC.C=Cc1cccnc1C=CC(=O)O. The average molecular weight is 572 g/mol. The molecule has 1 fully saturated rings. The van der Waals surface area contributed by atoms with Gasteiger partial charge in [-0.25, -0.2) is 14.4 Å². The van der Waals surface area contributed by atoms with Gasteiger partial charge >= 0.3 is 17.9 Å². The number of unbranched alkanes of at least 4 members (excludes halogenated alkanes) is 9. The molecule has 0 aromatic carbocycles. The Morgan fingerprint density at radius 2 is 1.51 bits per heavy atom. The standard InChI is InChI=1S/C16H30O2.C10H9NO2.C7H10O3/c1-4-5-6-7-8-9-10-11-12-13-14-18-16(17)15(2)3;1-2-8-4-3-7-11-9(8)5-6-10(12)13;1-5(2)7(8)10-4-6-3-9-6/h2,4-14H2,1,3H3;2-7H,1H2,(H,12,13);6H,1,3-4H2,2H3. The maximum absolute atomic E-state index is 11.1. The van der Waals surface area contributed by atoms with Crippen LogP contribution in [0.15, 0.2) is 55.3 Å². The second-order valence-corrected chi connectivity index (χ2v) is 9.79. The zero-order valence-electron chi connectivity index (χ0n) is 25.2. The number of hydrogen-bond acceptors (Lipinski definition) is 7. The molecule has 1 aliphatic rings. The predicted octanol–water partition coefficient (Wildman–Crippen LogP) is 7.35. The van der Waals surface area contributed by atoms with Crippen molar-refractivity contribution in [1.29, 1.82) is 0 Å². The molecular weight excluding hydrogens is 522 g/mol. The van der Waals surface area contributed by atoms with E-state index in [1.807, 2.05) is 6.07 Å². The smallest absolute Gasteiger partial charge is 0.333 e. The van der Waals surface area contributed by atoms with Gasteiger partial charge in [-0.2, -0.15) is 0 Å². The fourth-order valence-electron chi connectivity index (χ4n) is 3.23. The van der Waals surface area contributed by atoms with Crippen molar-refractivity contribution in [1.82, 2.24) is 4.98 Å². The van der Waals surface area contributed by atoms with E-state index in [0.29, 0.717) is 36.7 Å². The number of nitrogens with zero attached hydrogens (tertiary/aromatic N) is 1. The first-order valence-corrected chi connectivity index (χ1v) is 14.4.